The fraction of sp³-hybridized carbons (Fsp3) is 0.364. The minimum absolute atomic E-state index is 0.0527. The van der Waals surface area contributed by atoms with Gasteiger partial charge in [-0.25, -0.2) is 0 Å². The number of aliphatic carboxylic acids is 1. The third-order valence-corrected chi connectivity index (χ3v) is 4.98. The van der Waals surface area contributed by atoms with E-state index >= 15 is 0 Å². The molecule has 1 atom stereocenters. The first-order chi connectivity index (χ1) is 13.0. The van der Waals surface area contributed by atoms with Gasteiger partial charge in [0.05, 0.1) is 19.1 Å². The molecule has 3 rings (SSSR count). The monoisotopic (exact) mass is 367 g/mol. The van der Waals surface area contributed by atoms with Crippen LogP contribution in [-0.2, 0) is 11.3 Å². The summed E-state index contributed by atoms with van der Waals surface area (Å²) in [5.74, 6) is -0.759. The van der Waals surface area contributed by atoms with Gasteiger partial charge >= 0.3 is 5.97 Å². The maximum absolute atomic E-state index is 12.8. The van der Waals surface area contributed by atoms with Crippen LogP contribution in [0.15, 0.2) is 42.5 Å². The Labute approximate surface area is 159 Å². The summed E-state index contributed by atoms with van der Waals surface area (Å²) in [5.41, 5.74) is 3.14. The maximum atomic E-state index is 12.8. The molecule has 0 spiro atoms. The standard InChI is InChI=1S/C22H25NO4/c1-3-4-5-12-27-19-11-8-17-14-23(21(24)20(17)13-19)18-9-6-16(7-10-18)15(2)22(25)26/h6-11,13,15H,3-5,12,14H2,1-2H3,(H,25,26). The molecule has 0 bridgehead atoms. The van der Waals surface area contributed by atoms with E-state index in [0.29, 0.717) is 18.7 Å². The predicted octanol–water partition coefficient (Wildman–Crippen LogP) is 4.60. The van der Waals surface area contributed by atoms with Crippen LogP contribution in [-0.4, -0.2) is 23.6 Å². The van der Waals surface area contributed by atoms with Crippen molar-refractivity contribution < 1.29 is 19.4 Å². The fourth-order valence-corrected chi connectivity index (χ4v) is 3.21. The van der Waals surface area contributed by atoms with Crippen LogP contribution in [0.2, 0.25) is 0 Å². The number of carbonyl (C=O) groups is 2. The number of benzene rings is 2. The highest BCUT2D eigenvalue weighted by Crippen LogP contribution is 2.31. The maximum Gasteiger partial charge on any atom is 0.310 e. The average molecular weight is 367 g/mol. The molecule has 0 radical (unpaired) electrons. The molecule has 0 saturated heterocycles. The molecule has 0 aromatic heterocycles. The lowest BCUT2D eigenvalue weighted by Gasteiger charge is -2.16. The summed E-state index contributed by atoms with van der Waals surface area (Å²) in [4.78, 5) is 25.6. The van der Waals surface area contributed by atoms with Gasteiger partial charge in [-0.1, -0.05) is 38.0 Å². The lowest BCUT2D eigenvalue weighted by atomic mass is 10.0. The summed E-state index contributed by atoms with van der Waals surface area (Å²) < 4.78 is 5.76. The molecular weight excluding hydrogens is 342 g/mol. The number of anilines is 1. The lowest BCUT2D eigenvalue weighted by Crippen LogP contribution is -2.23. The number of carboxylic acid groups (broad SMARTS) is 1. The Morgan fingerprint density at radius 2 is 1.93 bits per heavy atom. The summed E-state index contributed by atoms with van der Waals surface area (Å²) in [6.07, 6.45) is 3.29. The van der Waals surface area contributed by atoms with Crippen LogP contribution in [0.25, 0.3) is 0 Å². The molecule has 5 nitrogen and oxygen atoms in total. The molecule has 2 aromatic carbocycles. The van der Waals surface area contributed by atoms with Gasteiger partial charge in [-0.15, -0.1) is 0 Å². The Bertz CT molecular complexity index is 829. The van der Waals surface area contributed by atoms with E-state index in [1.165, 1.54) is 0 Å². The molecule has 1 aliphatic rings. The first kappa shape index (κ1) is 19.0. The van der Waals surface area contributed by atoms with Gasteiger partial charge in [-0.2, -0.15) is 0 Å². The largest absolute Gasteiger partial charge is 0.494 e. The van der Waals surface area contributed by atoms with Crippen molar-refractivity contribution in [1.29, 1.82) is 0 Å². The highest BCUT2D eigenvalue weighted by Gasteiger charge is 2.29. The molecule has 142 valence electrons. The molecule has 1 heterocycles. The van der Waals surface area contributed by atoms with E-state index < -0.39 is 11.9 Å². The molecule has 5 heteroatoms. The minimum atomic E-state index is -0.862. The van der Waals surface area contributed by atoms with Crippen LogP contribution in [0.3, 0.4) is 0 Å². The van der Waals surface area contributed by atoms with Gasteiger partial charge in [-0.05, 0) is 48.7 Å². The SMILES string of the molecule is CCCCCOc1ccc2c(c1)C(=O)N(c1ccc(C(C)C(=O)O)cc1)C2. The number of rotatable bonds is 8. The van der Waals surface area contributed by atoms with Gasteiger partial charge in [0.15, 0.2) is 0 Å². The van der Waals surface area contributed by atoms with Crippen molar-refractivity contribution in [2.45, 2.75) is 45.6 Å². The third-order valence-electron chi connectivity index (χ3n) is 4.98. The van der Waals surface area contributed by atoms with Crippen LogP contribution in [0.4, 0.5) is 5.69 Å². The quantitative estimate of drug-likeness (QED) is 0.692. The molecule has 0 aliphatic carbocycles. The third kappa shape index (κ3) is 4.13. The van der Waals surface area contributed by atoms with Crippen molar-refractivity contribution in [2.24, 2.45) is 0 Å². The predicted molar refractivity (Wildman–Crippen MR) is 104 cm³/mol. The second-order valence-corrected chi connectivity index (χ2v) is 6.92. The van der Waals surface area contributed by atoms with Gasteiger partial charge in [0.2, 0.25) is 0 Å². The normalized spacial score (nSPS) is 14.1. The number of unbranched alkanes of at least 4 members (excludes halogenated alkanes) is 2. The van der Waals surface area contributed by atoms with Crippen LogP contribution >= 0.6 is 0 Å². The van der Waals surface area contributed by atoms with Crippen LogP contribution in [0.5, 0.6) is 5.75 Å². The van der Waals surface area contributed by atoms with E-state index in [9.17, 15) is 9.59 Å². The van der Waals surface area contributed by atoms with Gasteiger partial charge in [0.25, 0.3) is 5.91 Å². The zero-order chi connectivity index (χ0) is 19.4. The van der Waals surface area contributed by atoms with Crippen molar-refractivity contribution >= 4 is 17.6 Å². The summed E-state index contributed by atoms with van der Waals surface area (Å²) in [7, 11) is 0. The van der Waals surface area contributed by atoms with Crippen LogP contribution in [0, 0.1) is 0 Å². The number of nitrogens with zero attached hydrogens (tertiary/aromatic N) is 1. The molecule has 1 N–H and O–H groups in total. The van der Waals surface area contributed by atoms with Crippen molar-refractivity contribution in [3.05, 3.63) is 59.2 Å². The number of hydrogen-bond acceptors (Lipinski definition) is 3. The number of fused-ring (bicyclic) bond motifs is 1. The van der Waals surface area contributed by atoms with Crippen LogP contribution < -0.4 is 9.64 Å². The summed E-state index contributed by atoms with van der Waals surface area (Å²) in [6, 6.07) is 12.8. The molecule has 0 fully saturated rings. The Morgan fingerprint density at radius 3 is 2.59 bits per heavy atom. The molecule has 1 amide bonds. The molecule has 27 heavy (non-hydrogen) atoms. The minimum Gasteiger partial charge on any atom is -0.494 e. The number of carbonyl (C=O) groups excluding carboxylic acids is 1. The average Bonchev–Trinajstić information content (AvgIpc) is 3.01. The second kappa shape index (κ2) is 8.25. The molecule has 1 aliphatic heterocycles. The number of ether oxygens (including phenoxy) is 1. The van der Waals surface area contributed by atoms with E-state index in [1.54, 1.807) is 36.1 Å². The summed E-state index contributed by atoms with van der Waals surface area (Å²) >= 11 is 0. The van der Waals surface area contributed by atoms with Gasteiger partial charge < -0.3 is 14.7 Å². The Morgan fingerprint density at radius 1 is 1.19 bits per heavy atom. The first-order valence-electron chi connectivity index (χ1n) is 9.41. The van der Waals surface area contributed by atoms with E-state index in [2.05, 4.69) is 6.92 Å². The molecule has 1 unspecified atom stereocenters. The van der Waals surface area contributed by atoms with Crippen molar-refractivity contribution in [3.8, 4) is 5.75 Å². The van der Waals surface area contributed by atoms with Gasteiger partial charge in [0.1, 0.15) is 5.75 Å². The van der Waals surface area contributed by atoms with E-state index in [1.807, 2.05) is 18.2 Å². The van der Waals surface area contributed by atoms with Crippen LogP contribution in [0.1, 0.15) is 60.5 Å². The zero-order valence-electron chi connectivity index (χ0n) is 15.8. The molecule has 0 saturated carbocycles. The van der Waals surface area contributed by atoms with E-state index in [4.69, 9.17) is 9.84 Å². The number of hydrogen-bond donors (Lipinski definition) is 1. The van der Waals surface area contributed by atoms with Crippen molar-refractivity contribution in [2.75, 3.05) is 11.5 Å². The Kier molecular flexibility index (Phi) is 5.79. The van der Waals surface area contributed by atoms with Crippen molar-refractivity contribution in [1.82, 2.24) is 0 Å². The van der Waals surface area contributed by atoms with E-state index in [-0.39, 0.29) is 5.91 Å². The smallest absolute Gasteiger partial charge is 0.310 e. The van der Waals surface area contributed by atoms with Crippen molar-refractivity contribution in [3.63, 3.8) is 0 Å². The molecular formula is C22H25NO4. The van der Waals surface area contributed by atoms with Gasteiger partial charge in [-0.3, -0.25) is 9.59 Å². The number of carboxylic acids is 1. The first-order valence-corrected chi connectivity index (χ1v) is 9.41. The van der Waals surface area contributed by atoms with Gasteiger partial charge in [0, 0.05) is 11.3 Å². The highest BCUT2D eigenvalue weighted by atomic mass is 16.5. The highest BCUT2D eigenvalue weighted by molar-refractivity contribution is 6.10. The second-order valence-electron chi connectivity index (χ2n) is 6.92. The summed E-state index contributed by atoms with van der Waals surface area (Å²) in [5, 5.41) is 9.12. The number of amides is 1. The summed E-state index contributed by atoms with van der Waals surface area (Å²) in [6.45, 7) is 4.97. The Balaban J connectivity index is 1.72. The molecule has 2 aromatic rings. The Hall–Kier alpha value is -2.82. The fourth-order valence-electron chi connectivity index (χ4n) is 3.21. The van der Waals surface area contributed by atoms with E-state index in [0.717, 1.165) is 41.8 Å². The topological polar surface area (TPSA) is 66.8 Å². The zero-order valence-corrected chi connectivity index (χ0v) is 15.8. The lowest BCUT2D eigenvalue weighted by molar-refractivity contribution is -0.138.